The van der Waals surface area contributed by atoms with E-state index >= 15 is 0 Å². The smallest absolute Gasteiger partial charge is 0.0605 e. The van der Waals surface area contributed by atoms with E-state index < -0.39 is 0 Å². The zero-order valence-electron chi connectivity index (χ0n) is 6.92. The van der Waals surface area contributed by atoms with E-state index in [1.807, 2.05) is 0 Å². The van der Waals surface area contributed by atoms with Crippen LogP contribution in [0.1, 0.15) is 38.5 Å². The molecule has 0 aromatic carbocycles. The summed E-state index contributed by atoms with van der Waals surface area (Å²) in [6.45, 7) is 0. The lowest BCUT2D eigenvalue weighted by Crippen LogP contribution is -2.27. The van der Waals surface area contributed by atoms with Gasteiger partial charge in [-0.2, -0.15) is 0 Å². The molecule has 0 aromatic heterocycles. The zero-order valence-corrected chi connectivity index (χ0v) is 6.92. The van der Waals surface area contributed by atoms with Crippen molar-refractivity contribution in [2.45, 2.75) is 44.6 Å². The maximum absolute atomic E-state index is 9.66. The molecule has 0 saturated heterocycles. The van der Waals surface area contributed by atoms with Gasteiger partial charge in [-0.15, -0.1) is 0 Å². The van der Waals surface area contributed by atoms with Crippen molar-refractivity contribution >= 4 is 0 Å². The lowest BCUT2D eigenvalue weighted by atomic mass is 9.76. The third kappa shape index (κ3) is 1.34. The SMILES string of the molecule is O[C@@H]1CCCC2=CCCC[C@@H]21. The third-order valence-electron chi connectivity index (χ3n) is 3.03. The van der Waals surface area contributed by atoms with E-state index in [1.165, 1.54) is 32.1 Å². The van der Waals surface area contributed by atoms with E-state index in [9.17, 15) is 5.11 Å². The number of aliphatic hydroxyl groups is 1. The van der Waals surface area contributed by atoms with Crippen LogP contribution in [0.5, 0.6) is 0 Å². The third-order valence-corrected chi connectivity index (χ3v) is 3.03. The Hall–Kier alpha value is -0.300. The molecule has 1 N–H and O–H groups in total. The van der Waals surface area contributed by atoms with Crippen LogP contribution >= 0.6 is 0 Å². The van der Waals surface area contributed by atoms with E-state index in [0.29, 0.717) is 5.92 Å². The Morgan fingerprint density at radius 1 is 1.27 bits per heavy atom. The van der Waals surface area contributed by atoms with Crippen LogP contribution in [-0.4, -0.2) is 11.2 Å². The molecule has 0 aliphatic heterocycles. The molecule has 2 rings (SSSR count). The molecule has 2 aliphatic carbocycles. The number of rotatable bonds is 0. The average Bonchev–Trinajstić information content (AvgIpc) is 2.06. The minimum absolute atomic E-state index is 0.0182. The van der Waals surface area contributed by atoms with Crippen LogP contribution in [0.2, 0.25) is 0 Å². The fourth-order valence-corrected chi connectivity index (χ4v) is 2.41. The number of hydrogen-bond acceptors (Lipinski definition) is 1. The minimum atomic E-state index is -0.0182. The standard InChI is InChI=1S/C10H16O/c11-10-7-3-5-8-4-1-2-6-9(8)10/h4,9-11H,1-3,5-7H2/t9-,10+/m0/s1. The number of fused-ring (bicyclic) bond motifs is 1. The van der Waals surface area contributed by atoms with Gasteiger partial charge in [0.15, 0.2) is 0 Å². The van der Waals surface area contributed by atoms with Crippen molar-refractivity contribution in [2.24, 2.45) is 5.92 Å². The van der Waals surface area contributed by atoms with Crippen molar-refractivity contribution in [3.63, 3.8) is 0 Å². The first kappa shape index (κ1) is 7.35. The summed E-state index contributed by atoms with van der Waals surface area (Å²) in [6, 6.07) is 0. The first-order valence-electron chi connectivity index (χ1n) is 4.75. The van der Waals surface area contributed by atoms with Gasteiger partial charge in [0.25, 0.3) is 0 Å². The number of hydrogen-bond donors (Lipinski definition) is 1. The molecule has 0 bridgehead atoms. The van der Waals surface area contributed by atoms with Crippen molar-refractivity contribution in [1.82, 2.24) is 0 Å². The van der Waals surface area contributed by atoms with Gasteiger partial charge >= 0.3 is 0 Å². The summed E-state index contributed by atoms with van der Waals surface area (Å²) >= 11 is 0. The van der Waals surface area contributed by atoms with Gasteiger partial charge in [0, 0.05) is 5.92 Å². The van der Waals surface area contributed by atoms with E-state index in [2.05, 4.69) is 6.08 Å². The summed E-state index contributed by atoms with van der Waals surface area (Å²) < 4.78 is 0. The van der Waals surface area contributed by atoms with Gasteiger partial charge in [-0.25, -0.2) is 0 Å². The highest BCUT2D eigenvalue weighted by Gasteiger charge is 2.27. The summed E-state index contributed by atoms with van der Waals surface area (Å²) in [5, 5.41) is 9.66. The number of allylic oxidation sites excluding steroid dienone is 1. The van der Waals surface area contributed by atoms with Gasteiger partial charge < -0.3 is 5.11 Å². The van der Waals surface area contributed by atoms with Crippen LogP contribution in [0.25, 0.3) is 0 Å². The summed E-state index contributed by atoms with van der Waals surface area (Å²) in [5.74, 6) is 0.539. The Morgan fingerprint density at radius 3 is 3.00 bits per heavy atom. The molecular formula is C10H16O. The van der Waals surface area contributed by atoms with E-state index in [1.54, 1.807) is 5.57 Å². The monoisotopic (exact) mass is 152 g/mol. The zero-order chi connectivity index (χ0) is 7.68. The summed E-state index contributed by atoms with van der Waals surface area (Å²) in [7, 11) is 0. The Kier molecular flexibility index (Phi) is 1.99. The predicted octanol–water partition coefficient (Wildman–Crippen LogP) is 2.26. The van der Waals surface area contributed by atoms with Gasteiger partial charge in [0.2, 0.25) is 0 Å². The molecular weight excluding hydrogens is 136 g/mol. The van der Waals surface area contributed by atoms with Crippen LogP contribution in [0.3, 0.4) is 0 Å². The van der Waals surface area contributed by atoms with Gasteiger partial charge in [-0.05, 0) is 38.5 Å². The predicted molar refractivity (Wildman–Crippen MR) is 45.3 cm³/mol. The van der Waals surface area contributed by atoms with Crippen LogP contribution in [0, 0.1) is 5.92 Å². The van der Waals surface area contributed by atoms with Crippen LogP contribution in [-0.2, 0) is 0 Å². The second-order valence-corrected chi connectivity index (χ2v) is 3.78. The van der Waals surface area contributed by atoms with Crippen molar-refractivity contribution in [3.8, 4) is 0 Å². The first-order chi connectivity index (χ1) is 5.38. The van der Waals surface area contributed by atoms with Crippen LogP contribution in [0.15, 0.2) is 11.6 Å². The lowest BCUT2D eigenvalue weighted by molar-refractivity contribution is 0.0895. The maximum Gasteiger partial charge on any atom is 0.0605 e. The molecule has 62 valence electrons. The van der Waals surface area contributed by atoms with E-state index in [-0.39, 0.29) is 6.10 Å². The molecule has 1 heteroatoms. The average molecular weight is 152 g/mol. The van der Waals surface area contributed by atoms with Crippen LogP contribution in [0.4, 0.5) is 0 Å². The molecule has 0 radical (unpaired) electrons. The van der Waals surface area contributed by atoms with E-state index in [4.69, 9.17) is 0 Å². The molecule has 1 nitrogen and oxygen atoms in total. The highest BCUT2D eigenvalue weighted by atomic mass is 16.3. The minimum Gasteiger partial charge on any atom is -0.393 e. The van der Waals surface area contributed by atoms with Gasteiger partial charge in [0.05, 0.1) is 6.10 Å². The topological polar surface area (TPSA) is 20.2 Å². The highest BCUT2D eigenvalue weighted by Crippen LogP contribution is 2.36. The molecule has 11 heavy (non-hydrogen) atoms. The lowest BCUT2D eigenvalue weighted by Gasteiger charge is -2.33. The van der Waals surface area contributed by atoms with Gasteiger partial charge in [-0.1, -0.05) is 11.6 Å². The molecule has 0 spiro atoms. The quantitative estimate of drug-likeness (QED) is 0.528. The van der Waals surface area contributed by atoms with Crippen molar-refractivity contribution < 1.29 is 5.11 Å². The molecule has 2 atom stereocenters. The highest BCUT2D eigenvalue weighted by molar-refractivity contribution is 5.14. The van der Waals surface area contributed by atoms with E-state index in [0.717, 1.165) is 6.42 Å². The van der Waals surface area contributed by atoms with Crippen LogP contribution < -0.4 is 0 Å². The summed E-state index contributed by atoms with van der Waals surface area (Å²) in [5.41, 5.74) is 1.55. The molecule has 1 fully saturated rings. The van der Waals surface area contributed by atoms with Crippen molar-refractivity contribution in [3.05, 3.63) is 11.6 Å². The normalized spacial score (nSPS) is 37.7. The molecule has 0 amide bonds. The fraction of sp³-hybridized carbons (Fsp3) is 0.800. The Bertz CT molecular complexity index is 172. The molecule has 0 aromatic rings. The Balaban J connectivity index is 2.13. The van der Waals surface area contributed by atoms with Gasteiger partial charge in [-0.3, -0.25) is 0 Å². The molecule has 1 saturated carbocycles. The Labute approximate surface area is 68.1 Å². The maximum atomic E-state index is 9.66. The number of aliphatic hydroxyl groups excluding tert-OH is 1. The largest absolute Gasteiger partial charge is 0.393 e. The molecule has 0 unspecified atom stereocenters. The fourth-order valence-electron chi connectivity index (χ4n) is 2.41. The molecule has 2 aliphatic rings. The van der Waals surface area contributed by atoms with Crippen molar-refractivity contribution in [1.29, 1.82) is 0 Å². The van der Waals surface area contributed by atoms with Gasteiger partial charge in [0.1, 0.15) is 0 Å². The molecule has 0 heterocycles. The Morgan fingerprint density at radius 2 is 2.18 bits per heavy atom. The summed E-state index contributed by atoms with van der Waals surface area (Å²) in [4.78, 5) is 0. The summed E-state index contributed by atoms with van der Waals surface area (Å²) in [6.07, 6.45) is 9.58. The van der Waals surface area contributed by atoms with Crippen molar-refractivity contribution in [2.75, 3.05) is 0 Å². The second kappa shape index (κ2) is 2.98. The first-order valence-corrected chi connectivity index (χ1v) is 4.75. The second-order valence-electron chi connectivity index (χ2n) is 3.78.